The number of thiazole rings is 1. The van der Waals surface area contributed by atoms with E-state index >= 15 is 0 Å². The Bertz CT molecular complexity index is 1360. The Kier molecular flexibility index (Phi) is 3.17. The van der Waals surface area contributed by atoms with Crippen LogP contribution in [0.5, 0.6) is 5.75 Å². The van der Waals surface area contributed by atoms with Crippen molar-refractivity contribution >= 4 is 37.5 Å². The summed E-state index contributed by atoms with van der Waals surface area (Å²) in [6, 6.07) is 13.7. The van der Waals surface area contributed by atoms with Crippen molar-refractivity contribution in [2.45, 2.75) is 6.92 Å². The minimum Gasteiger partial charge on any atom is -0.493 e. The predicted molar refractivity (Wildman–Crippen MR) is 102 cm³/mol. The zero-order valence-corrected chi connectivity index (χ0v) is 15.0. The molecule has 0 amide bonds. The highest BCUT2D eigenvalue weighted by Gasteiger charge is 2.20. The zero-order valence-electron chi connectivity index (χ0n) is 14.2. The van der Waals surface area contributed by atoms with Crippen LogP contribution in [0.1, 0.15) is 5.56 Å². The molecule has 0 fully saturated rings. The van der Waals surface area contributed by atoms with E-state index in [0.29, 0.717) is 16.9 Å². The quantitative estimate of drug-likeness (QED) is 0.380. The molecule has 0 bridgehead atoms. The fraction of sp³-hybridized carbons (Fsp3) is 0.100. The first-order chi connectivity index (χ1) is 12.6. The van der Waals surface area contributed by atoms with Crippen molar-refractivity contribution in [2.75, 3.05) is 7.11 Å². The smallest absolute Gasteiger partial charge is 0.348 e. The Morgan fingerprint density at radius 3 is 2.92 bits per heavy atom. The lowest BCUT2D eigenvalue weighted by atomic mass is 10.1. The molecule has 5 rings (SSSR count). The summed E-state index contributed by atoms with van der Waals surface area (Å²) in [7, 11) is 1.56. The molecule has 26 heavy (non-hydrogen) atoms. The largest absolute Gasteiger partial charge is 0.493 e. The van der Waals surface area contributed by atoms with E-state index in [0.717, 1.165) is 21.6 Å². The number of H-pyrrole nitrogens is 1. The predicted octanol–water partition coefficient (Wildman–Crippen LogP) is 4.06. The molecule has 0 spiro atoms. The molecule has 0 radical (unpaired) electrons. The van der Waals surface area contributed by atoms with Crippen molar-refractivity contribution in [1.82, 2.24) is 4.98 Å². The van der Waals surface area contributed by atoms with Crippen LogP contribution in [-0.2, 0) is 0 Å². The maximum absolute atomic E-state index is 12.6. The van der Waals surface area contributed by atoms with E-state index in [1.54, 1.807) is 24.5 Å². The molecule has 0 aliphatic heterocycles. The van der Waals surface area contributed by atoms with Gasteiger partial charge in [0, 0.05) is 5.39 Å². The number of rotatable bonds is 2. The van der Waals surface area contributed by atoms with Crippen LogP contribution in [0.3, 0.4) is 0 Å². The van der Waals surface area contributed by atoms with Crippen molar-refractivity contribution in [1.29, 1.82) is 0 Å². The molecule has 128 valence electrons. The van der Waals surface area contributed by atoms with Gasteiger partial charge in [0.25, 0.3) is 0 Å². The molecule has 3 heterocycles. The summed E-state index contributed by atoms with van der Waals surface area (Å²) in [5.41, 5.74) is 3.65. The maximum Gasteiger partial charge on any atom is 0.348 e. The van der Waals surface area contributed by atoms with E-state index in [-0.39, 0.29) is 0 Å². The Labute approximate surface area is 152 Å². The average Bonchev–Trinajstić information content (AvgIpc) is 3.17. The molecule has 0 aliphatic rings. The first-order valence-corrected chi connectivity index (χ1v) is 9.00. The number of ether oxygens (including phenoxy) is 1. The van der Waals surface area contributed by atoms with Crippen LogP contribution < -0.4 is 14.8 Å². The fourth-order valence-electron chi connectivity index (χ4n) is 3.26. The van der Waals surface area contributed by atoms with Crippen LogP contribution >= 0.6 is 11.3 Å². The molecule has 0 saturated heterocycles. The minimum atomic E-state index is -0.392. The Morgan fingerprint density at radius 2 is 2.08 bits per heavy atom. The lowest BCUT2D eigenvalue weighted by molar-refractivity contribution is -0.475. The summed E-state index contributed by atoms with van der Waals surface area (Å²) < 4.78 is 14.1. The van der Waals surface area contributed by atoms with Gasteiger partial charge in [0.15, 0.2) is 22.5 Å². The molecule has 3 aromatic heterocycles. The summed E-state index contributed by atoms with van der Waals surface area (Å²) in [6.07, 6.45) is 1.95. The molecular formula is C20H15N2O3S+. The van der Waals surface area contributed by atoms with Gasteiger partial charge in [0.1, 0.15) is 11.8 Å². The summed E-state index contributed by atoms with van der Waals surface area (Å²) in [5.74, 6) is 0.550. The number of aromatic nitrogens is 2. The van der Waals surface area contributed by atoms with Gasteiger partial charge in [-0.15, -0.1) is 0 Å². The number of fused-ring (bicyclic) bond motifs is 4. The second-order valence-electron chi connectivity index (χ2n) is 6.24. The lowest BCUT2D eigenvalue weighted by Gasteiger charge is -2.03. The van der Waals surface area contributed by atoms with E-state index in [1.807, 2.05) is 24.4 Å². The van der Waals surface area contributed by atoms with E-state index in [2.05, 4.69) is 34.5 Å². The lowest BCUT2D eigenvalue weighted by Crippen LogP contribution is -2.14. The van der Waals surface area contributed by atoms with Gasteiger partial charge >= 0.3 is 10.6 Å². The first-order valence-electron chi connectivity index (χ1n) is 8.19. The Hall–Kier alpha value is -3.12. The van der Waals surface area contributed by atoms with Gasteiger partial charge in [0.05, 0.1) is 11.8 Å². The minimum absolute atomic E-state index is 0.392. The number of nitrogens with one attached hydrogen (secondary N) is 1. The van der Waals surface area contributed by atoms with Crippen LogP contribution in [0.25, 0.3) is 37.4 Å². The number of hydrogen-bond acceptors (Lipinski definition) is 4. The van der Waals surface area contributed by atoms with Gasteiger partial charge in [-0.1, -0.05) is 18.2 Å². The van der Waals surface area contributed by atoms with E-state index in [4.69, 9.17) is 9.15 Å². The van der Waals surface area contributed by atoms with Crippen molar-refractivity contribution in [3.63, 3.8) is 0 Å². The van der Waals surface area contributed by atoms with Gasteiger partial charge in [-0.25, -0.2) is 9.78 Å². The zero-order chi connectivity index (χ0) is 17.8. The van der Waals surface area contributed by atoms with Crippen molar-refractivity contribution < 1.29 is 13.6 Å². The molecule has 1 N–H and O–H groups in total. The van der Waals surface area contributed by atoms with Crippen LogP contribution in [-0.4, -0.2) is 12.1 Å². The molecular weight excluding hydrogens is 348 g/mol. The number of aryl methyl sites for hydroxylation is 1. The van der Waals surface area contributed by atoms with Crippen LogP contribution in [0.15, 0.2) is 57.9 Å². The van der Waals surface area contributed by atoms with Crippen molar-refractivity contribution in [2.24, 2.45) is 0 Å². The second-order valence-corrected chi connectivity index (χ2v) is 7.27. The van der Waals surface area contributed by atoms with Crippen LogP contribution in [0.2, 0.25) is 0 Å². The van der Waals surface area contributed by atoms with E-state index < -0.39 is 5.63 Å². The number of imidazole rings is 1. The SMILES string of the molecule is COc1cccc2cc(-c3c[n+]4c([nH]3)sc3cc(C)ccc34)c(=O)oc12. The number of aromatic amines is 1. The molecule has 0 aliphatic carbocycles. The molecule has 6 heteroatoms. The molecule has 0 atom stereocenters. The third kappa shape index (κ3) is 2.16. The van der Waals surface area contributed by atoms with Crippen LogP contribution in [0, 0.1) is 6.92 Å². The summed E-state index contributed by atoms with van der Waals surface area (Å²) in [5, 5.41) is 0.822. The second kappa shape index (κ2) is 5.44. The summed E-state index contributed by atoms with van der Waals surface area (Å²) in [6.45, 7) is 2.08. The highest BCUT2D eigenvalue weighted by molar-refractivity contribution is 7.22. The molecule has 2 aromatic carbocycles. The van der Waals surface area contributed by atoms with Gasteiger partial charge < -0.3 is 9.15 Å². The Morgan fingerprint density at radius 1 is 1.19 bits per heavy atom. The van der Waals surface area contributed by atoms with Gasteiger partial charge in [-0.05, 0) is 48.1 Å². The molecule has 5 aromatic rings. The monoisotopic (exact) mass is 363 g/mol. The third-order valence-electron chi connectivity index (χ3n) is 4.53. The third-order valence-corrected chi connectivity index (χ3v) is 5.57. The summed E-state index contributed by atoms with van der Waals surface area (Å²) in [4.78, 5) is 16.9. The standard InChI is InChI=1S/C20H14N2O3S/c1-11-6-7-15-17(8-11)26-20-21-14(10-22(15)20)13-9-12-4-3-5-16(24-2)18(12)25-19(13)23/h3-10H,1-2H3/p+1. The van der Waals surface area contributed by atoms with Crippen LogP contribution in [0.4, 0.5) is 0 Å². The fourth-order valence-corrected chi connectivity index (χ4v) is 4.39. The highest BCUT2D eigenvalue weighted by Crippen LogP contribution is 2.28. The number of hydrogen-bond donors (Lipinski definition) is 1. The molecule has 0 unspecified atom stereocenters. The Balaban J connectivity index is 1.74. The van der Waals surface area contributed by atoms with Gasteiger partial charge in [-0.2, -0.15) is 4.40 Å². The number of para-hydroxylation sites is 1. The summed E-state index contributed by atoms with van der Waals surface area (Å²) >= 11 is 1.66. The van der Waals surface area contributed by atoms with Crippen molar-refractivity contribution in [3.05, 3.63) is 64.6 Å². The highest BCUT2D eigenvalue weighted by atomic mass is 32.1. The first kappa shape index (κ1) is 15.2. The number of nitrogens with zero attached hydrogens (tertiary/aromatic N) is 1. The van der Waals surface area contributed by atoms with E-state index in [9.17, 15) is 4.79 Å². The number of methoxy groups -OCH3 is 1. The topological polar surface area (TPSA) is 59.3 Å². The maximum atomic E-state index is 12.6. The normalized spacial score (nSPS) is 11.6. The van der Waals surface area contributed by atoms with Gasteiger partial charge in [-0.3, -0.25) is 0 Å². The molecule has 0 saturated carbocycles. The number of benzene rings is 2. The molecule has 5 nitrogen and oxygen atoms in total. The average molecular weight is 363 g/mol. The van der Waals surface area contributed by atoms with Crippen molar-refractivity contribution in [3.8, 4) is 17.0 Å². The van der Waals surface area contributed by atoms with E-state index in [1.165, 1.54) is 10.3 Å². The van der Waals surface area contributed by atoms with Gasteiger partial charge in [0.2, 0.25) is 0 Å².